The summed E-state index contributed by atoms with van der Waals surface area (Å²) in [5.74, 6) is 0.502. The van der Waals surface area contributed by atoms with Crippen molar-refractivity contribution in [2.75, 3.05) is 25.2 Å². The van der Waals surface area contributed by atoms with Gasteiger partial charge in [0.05, 0.1) is 0 Å². The zero-order valence-electron chi connectivity index (χ0n) is 11.1. The van der Waals surface area contributed by atoms with Gasteiger partial charge in [0.1, 0.15) is 11.0 Å². The molecule has 1 aliphatic carbocycles. The number of aromatic nitrogens is 1. The van der Waals surface area contributed by atoms with E-state index in [2.05, 4.69) is 21.9 Å². The lowest BCUT2D eigenvalue weighted by Crippen LogP contribution is -2.45. The Morgan fingerprint density at radius 3 is 2.79 bits per heavy atom. The number of halogens is 1. The van der Waals surface area contributed by atoms with E-state index >= 15 is 0 Å². The standard InChI is InChI=1S/C13H18ClN3OS/c1-15-11-7-9(6-10(14)17-11)12(18)16-8-13(19-2)4-3-5-13/h6-7H,3-5,8H2,1-2H3,(H,15,17)(H,16,18). The second-order valence-corrected chi connectivity index (χ2v) is 6.40. The van der Waals surface area contributed by atoms with Gasteiger partial charge in [0, 0.05) is 23.9 Å². The van der Waals surface area contributed by atoms with Crippen LogP contribution in [0.3, 0.4) is 0 Å². The molecule has 1 fully saturated rings. The fraction of sp³-hybridized carbons (Fsp3) is 0.538. The molecule has 104 valence electrons. The van der Waals surface area contributed by atoms with Crippen LogP contribution in [0.5, 0.6) is 0 Å². The highest BCUT2D eigenvalue weighted by molar-refractivity contribution is 8.00. The lowest BCUT2D eigenvalue weighted by Gasteiger charge is -2.40. The predicted molar refractivity (Wildman–Crippen MR) is 81.2 cm³/mol. The smallest absolute Gasteiger partial charge is 0.251 e. The molecule has 0 atom stereocenters. The van der Waals surface area contributed by atoms with Crippen LogP contribution >= 0.6 is 23.4 Å². The van der Waals surface area contributed by atoms with Crippen LogP contribution in [-0.4, -0.2) is 35.5 Å². The highest BCUT2D eigenvalue weighted by atomic mass is 35.5. The minimum absolute atomic E-state index is 0.0962. The Kier molecular flexibility index (Phi) is 4.58. The van der Waals surface area contributed by atoms with E-state index in [-0.39, 0.29) is 10.7 Å². The van der Waals surface area contributed by atoms with Gasteiger partial charge in [-0.1, -0.05) is 18.0 Å². The van der Waals surface area contributed by atoms with Gasteiger partial charge in [-0.15, -0.1) is 0 Å². The molecule has 1 heterocycles. The Bertz CT molecular complexity index is 471. The molecule has 19 heavy (non-hydrogen) atoms. The third-order valence-electron chi connectivity index (χ3n) is 3.58. The lowest BCUT2D eigenvalue weighted by molar-refractivity contribution is 0.0944. The molecule has 1 aromatic rings. The van der Waals surface area contributed by atoms with Gasteiger partial charge >= 0.3 is 0 Å². The first-order valence-electron chi connectivity index (χ1n) is 6.27. The molecule has 0 aliphatic heterocycles. The minimum Gasteiger partial charge on any atom is -0.373 e. The van der Waals surface area contributed by atoms with Crippen molar-refractivity contribution < 1.29 is 4.79 Å². The maximum atomic E-state index is 12.1. The zero-order valence-corrected chi connectivity index (χ0v) is 12.7. The fourth-order valence-corrected chi connectivity index (χ4v) is 3.25. The first-order valence-corrected chi connectivity index (χ1v) is 7.87. The molecule has 0 spiro atoms. The second kappa shape index (κ2) is 6.01. The van der Waals surface area contributed by atoms with E-state index in [0.717, 1.165) is 0 Å². The lowest BCUT2D eigenvalue weighted by atomic mass is 9.84. The van der Waals surface area contributed by atoms with Crippen LogP contribution in [0, 0.1) is 0 Å². The molecule has 0 radical (unpaired) electrons. The molecule has 1 amide bonds. The monoisotopic (exact) mass is 299 g/mol. The Morgan fingerprint density at radius 1 is 1.53 bits per heavy atom. The molecule has 0 bridgehead atoms. The number of anilines is 1. The van der Waals surface area contributed by atoms with Crippen LogP contribution in [0.4, 0.5) is 5.82 Å². The number of nitrogens with one attached hydrogen (secondary N) is 2. The third-order valence-corrected chi connectivity index (χ3v) is 5.19. The van der Waals surface area contributed by atoms with E-state index < -0.39 is 0 Å². The molecule has 2 N–H and O–H groups in total. The Labute approximate surface area is 122 Å². The maximum Gasteiger partial charge on any atom is 0.251 e. The summed E-state index contributed by atoms with van der Waals surface area (Å²) in [7, 11) is 1.75. The number of hydrogen-bond acceptors (Lipinski definition) is 4. The molecule has 1 aliphatic rings. The summed E-state index contributed by atoms with van der Waals surface area (Å²) in [6.07, 6.45) is 5.70. The highest BCUT2D eigenvalue weighted by Gasteiger charge is 2.36. The molecule has 6 heteroatoms. The summed E-state index contributed by atoms with van der Waals surface area (Å²) in [4.78, 5) is 16.2. The third kappa shape index (κ3) is 3.34. The number of thioether (sulfide) groups is 1. The largest absolute Gasteiger partial charge is 0.373 e. The van der Waals surface area contributed by atoms with Crippen molar-refractivity contribution in [1.82, 2.24) is 10.3 Å². The van der Waals surface area contributed by atoms with E-state index in [0.29, 0.717) is 23.1 Å². The highest BCUT2D eigenvalue weighted by Crippen LogP contribution is 2.42. The van der Waals surface area contributed by atoms with Crippen LogP contribution in [0.15, 0.2) is 12.1 Å². The van der Waals surface area contributed by atoms with E-state index in [1.807, 2.05) is 11.8 Å². The van der Waals surface area contributed by atoms with Crippen LogP contribution in [0.2, 0.25) is 5.15 Å². The van der Waals surface area contributed by atoms with Gasteiger partial charge in [0.2, 0.25) is 0 Å². The summed E-state index contributed by atoms with van der Waals surface area (Å²) < 4.78 is 0.234. The second-order valence-electron chi connectivity index (χ2n) is 4.74. The molecule has 0 saturated heterocycles. The number of pyridine rings is 1. The predicted octanol–water partition coefficient (Wildman–Crippen LogP) is 2.79. The van der Waals surface area contributed by atoms with Crippen molar-refractivity contribution in [3.63, 3.8) is 0 Å². The van der Waals surface area contributed by atoms with Crippen molar-refractivity contribution in [3.05, 3.63) is 22.8 Å². The molecular formula is C13H18ClN3OS. The maximum absolute atomic E-state index is 12.1. The fourth-order valence-electron chi connectivity index (χ4n) is 2.12. The van der Waals surface area contributed by atoms with Crippen molar-refractivity contribution in [1.29, 1.82) is 0 Å². The SMILES string of the molecule is CNc1cc(C(=O)NCC2(SC)CCC2)cc(Cl)n1. The quantitative estimate of drug-likeness (QED) is 0.821. The van der Waals surface area contributed by atoms with E-state index in [9.17, 15) is 4.79 Å². The minimum atomic E-state index is -0.0962. The number of carbonyl (C=O) groups is 1. The molecule has 1 saturated carbocycles. The number of nitrogens with zero attached hydrogens (tertiary/aromatic N) is 1. The molecule has 4 nitrogen and oxygen atoms in total. The van der Waals surface area contributed by atoms with Crippen molar-refractivity contribution in [2.45, 2.75) is 24.0 Å². The van der Waals surface area contributed by atoms with Crippen molar-refractivity contribution in [3.8, 4) is 0 Å². The van der Waals surface area contributed by atoms with Gasteiger partial charge in [0.15, 0.2) is 0 Å². The van der Waals surface area contributed by atoms with Crippen LogP contribution in [-0.2, 0) is 0 Å². The molecular weight excluding hydrogens is 282 g/mol. The van der Waals surface area contributed by atoms with Gasteiger partial charge in [-0.3, -0.25) is 4.79 Å². The first kappa shape index (κ1) is 14.5. The molecule has 0 aromatic carbocycles. The number of hydrogen-bond donors (Lipinski definition) is 2. The number of amides is 1. The van der Waals surface area contributed by atoms with Crippen molar-refractivity contribution in [2.24, 2.45) is 0 Å². The summed E-state index contributed by atoms with van der Waals surface area (Å²) in [6.45, 7) is 0.710. The number of carbonyl (C=O) groups excluding carboxylic acids is 1. The Morgan fingerprint density at radius 2 is 2.26 bits per heavy atom. The summed E-state index contributed by atoms with van der Waals surface area (Å²) in [6, 6.07) is 3.29. The topological polar surface area (TPSA) is 54.0 Å². The average molecular weight is 300 g/mol. The molecule has 0 unspecified atom stereocenters. The van der Waals surface area contributed by atoms with Crippen LogP contribution < -0.4 is 10.6 Å². The van der Waals surface area contributed by atoms with E-state index in [1.54, 1.807) is 19.2 Å². The molecule has 2 rings (SSSR count). The normalized spacial score (nSPS) is 16.6. The van der Waals surface area contributed by atoms with Gasteiger partial charge in [0.25, 0.3) is 5.91 Å². The van der Waals surface area contributed by atoms with Gasteiger partial charge in [-0.25, -0.2) is 4.98 Å². The van der Waals surface area contributed by atoms with E-state index in [4.69, 9.17) is 11.6 Å². The first-order chi connectivity index (χ1) is 9.08. The summed E-state index contributed by atoms with van der Waals surface area (Å²) >= 11 is 7.73. The number of rotatable bonds is 5. The Balaban J connectivity index is 2.01. The average Bonchev–Trinajstić information content (AvgIpc) is 2.37. The van der Waals surface area contributed by atoms with Crippen LogP contribution in [0.25, 0.3) is 0 Å². The zero-order chi connectivity index (χ0) is 13.9. The van der Waals surface area contributed by atoms with Gasteiger partial charge in [-0.2, -0.15) is 11.8 Å². The van der Waals surface area contributed by atoms with Crippen LogP contribution in [0.1, 0.15) is 29.6 Å². The van der Waals surface area contributed by atoms with E-state index in [1.165, 1.54) is 19.3 Å². The Hall–Kier alpha value is -0.940. The van der Waals surface area contributed by atoms with Gasteiger partial charge < -0.3 is 10.6 Å². The van der Waals surface area contributed by atoms with Crippen molar-refractivity contribution >= 4 is 35.1 Å². The van der Waals surface area contributed by atoms with Gasteiger partial charge in [-0.05, 0) is 31.2 Å². The summed E-state index contributed by atoms with van der Waals surface area (Å²) in [5, 5.41) is 6.21. The summed E-state index contributed by atoms with van der Waals surface area (Å²) in [5.41, 5.74) is 0.542. The molecule has 1 aromatic heterocycles.